The topological polar surface area (TPSA) is 96.9 Å². The fourth-order valence-electron chi connectivity index (χ4n) is 2.66. The zero-order valence-corrected chi connectivity index (χ0v) is 19.1. The van der Waals surface area contributed by atoms with E-state index in [1.165, 1.54) is 6.33 Å². The van der Waals surface area contributed by atoms with Crippen LogP contribution in [0.25, 0.3) is 0 Å². The minimum Gasteiger partial charge on any atom is -0.476 e. The van der Waals surface area contributed by atoms with E-state index in [1.54, 1.807) is 31.4 Å². The molecule has 9 nitrogen and oxygen atoms in total. The van der Waals surface area contributed by atoms with Gasteiger partial charge in [-0.2, -0.15) is 0 Å². The molecular weight excluding hydrogens is 418 g/mol. The van der Waals surface area contributed by atoms with E-state index in [-0.39, 0.29) is 0 Å². The van der Waals surface area contributed by atoms with E-state index >= 15 is 0 Å². The minimum absolute atomic E-state index is 0.331. The van der Waals surface area contributed by atoms with Gasteiger partial charge in [0.1, 0.15) is 36.0 Å². The first-order valence-corrected chi connectivity index (χ1v) is 11.3. The van der Waals surface area contributed by atoms with Gasteiger partial charge in [-0.1, -0.05) is 12.1 Å². The highest BCUT2D eigenvalue weighted by molar-refractivity contribution is 7.83. The van der Waals surface area contributed by atoms with Gasteiger partial charge in [0, 0.05) is 58.1 Å². The first-order chi connectivity index (χ1) is 15.1. The van der Waals surface area contributed by atoms with Crippen molar-refractivity contribution in [2.24, 2.45) is 0 Å². The van der Waals surface area contributed by atoms with Gasteiger partial charge in [0.15, 0.2) is 0 Å². The molecule has 0 bridgehead atoms. The molecule has 31 heavy (non-hydrogen) atoms. The number of carbonyl (C=O) groups excluding carboxylic acids is 1. The monoisotopic (exact) mass is 449 g/mol. The number of piperazine rings is 1. The van der Waals surface area contributed by atoms with Crippen molar-refractivity contribution >= 4 is 23.1 Å². The zero-order valence-electron chi connectivity index (χ0n) is 18.3. The molecule has 1 N–H and O–H groups in total. The molecule has 1 saturated heterocycles. The Labute approximate surface area is 186 Å². The first kappa shape index (κ1) is 24.9. The molecule has 2 aromatic rings. The molecule has 0 spiro atoms. The van der Waals surface area contributed by atoms with Crippen molar-refractivity contribution in [2.75, 3.05) is 65.0 Å². The molecular formula is C21H31N5O4S. The van der Waals surface area contributed by atoms with E-state index in [0.29, 0.717) is 29.5 Å². The van der Waals surface area contributed by atoms with Crippen LogP contribution < -0.4 is 14.4 Å². The molecule has 2 heterocycles. The first-order valence-electron chi connectivity index (χ1n) is 10.1. The number of aromatic nitrogens is 2. The highest BCUT2D eigenvalue weighted by Gasteiger charge is 2.16. The summed E-state index contributed by atoms with van der Waals surface area (Å²) in [5.41, 5.74) is 0.555. The molecule has 1 aliphatic heterocycles. The standard InChI is InChI=1S/C18H23N5O3S.C3H8O/c1-22-7-9-23(10-8-22)17-12-18(20-14-19-17)26-11-6-21-27(25)16-4-2-15(13-24)3-5-16;1-3-4-2/h2-5,12-14,21H,6-11H2,1H3;3H2,1-2H3. The largest absolute Gasteiger partial charge is 0.476 e. The Bertz CT molecular complexity index is 812. The van der Waals surface area contributed by atoms with Crippen LogP contribution in [0.1, 0.15) is 17.3 Å². The second-order valence-electron chi connectivity index (χ2n) is 6.78. The highest BCUT2D eigenvalue weighted by Crippen LogP contribution is 2.17. The molecule has 1 aliphatic rings. The summed E-state index contributed by atoms with van der Waals surface area (Å²) in [4.78, 5) is 24.2. The minimum atomic E-state index is -1.35. The number of nitrogens with one attached hydrogen (secondary N) is 1. The number of carbonyl (C=O) groups is 1. The van der Waals surface area contributed by atoms with E-state index in [2.05, 4.69) is 36.3 Å². The van der Waals surface area contributed by atoms with Crippen LogP contribution in [0, 0.1) is 0 Å². The molecule has 0 amide bonds. The second kappa shape index (κ2) is 13.8. The Morgan fingerprint density at radius 1 is 1.16 bits per heavy atom. The van der Waals surface area contributed by atoms with Crippen LogP contribution in [0.4, 0.5) is 5.82 Å². The molecule has 170 valence electrons. The number of aldehydes is 1. The molecule has 1 fully saturated rings. The van der Waals surface area contributed by atoms with E-state index in [1.807, 2.05) is 13.0 Å². The predicted molar refractivity (Wildman–Crippen MR) is 121 cm³/mol. The quantitative estimate of drug-likeness (QED) is 0.453. The SMILES string of the molecule is CCOC.CN1CCN(c2cc(OCCNS(=O)c3ccc(C=O)cc3)ncn2)CC1. The third-order valence-corrected chi connectivity index (χ3v) is 5.73. The Hall–Kier alpha value is -2.40. The van der Waals surface area contributed by atoms with Crippen LogP contribution in [0.5, 0.6) is 5.88 Å². The van der Waals surface area contributed by atoms with Gasteiger partial charge in [-0.05, 0) is 26.1 Å². The Morgan fingerprint density at radius 2 is 1.84 bits per heavy atom. The maximum absolute atomic E-state index is 12.2. The van der Waals surface area contributed by atoms with Crippen molar-refractivity contribution in [3.8, 4) is 5.88 Å². The smallest absolute Gasteiger partial charge is 0.218 e. The van der Waals surface area contributed by atoms with Crippen molar-refractivity contribution in [2.45, 2.75) is 11.8 Å². The summed E-state index contributed by atoms with van der Waals surface area (Å²) in [5.74, 6) is 1.36. The van der Waals surface area contributed by atoms with Gasteiger partial charge in [0.05, 0.1) is 4.90 Å². The van der Waals surface area contributed by atoms with Crippen LogP contribution in [-0.4, -0.2) is 85.5 Å². The highest BCUT2D eigenvalue weighted by atomic mass is 32.2. The molecule has 1 aromatic carbocycles. The fourth-order valence-corrected chi connectivity index (χ4v) is 3.48. The van der Waals surface area contributed by atoms with E-state index in [9.17, 15) is 9.00 Å². The van der Waals surface area contributed by atoms with Crippen molar-refractivity contribution in [3.63, 3.8) is 0 Å². The Morgan fingerprint density at radius 3 is 2.45 bits per heavy atom. The van der Waals surface area contributed by atoms with Gasteiger partial charge in [0.25, 0.3) is 0 Å². The van der Waals surface area contributed by atoms with Crippen LogP contribution in [0.15, 0.2) is 41.6 Å². The normalized spacial score (nSPS) is 15.0. The predicted octanol–water partition coefficient (Wildman–Crippen LogP) is 1.38. The van der Waals surface area contributed by atoms with Crippen molar-refractivity contribution < 1.29 is 18.5 Å². The number of benzene rings is 1. The lowest BCUT2D eigenvalue weighted by molar-refractivity contribution is 0.112. The maximum Gasteiger partial charge on any atom is 0.218 e. The van der Waals surface area contributed by atoms with Crippen LogP contribution in [0.2, 0.25) is 0 Å². The summed E-state index contributed by atoms with van der Waals surface area (Å²) in [7, 11) is 2.44. The molecule has 1 aromatic heterocycles. The zero-order chi connectivity index (χ0) is 22.5. The third-order valence-electron chi connectivity index (χ3n) is 4.56. The van der Waals surface area contributed by atoms with Gasteiger partial charge >= 0.3 is 0 Å². The molecule has 0 aliphatic carbocycles. The number of anilines is 1. The van der Waals surface area contributed by atoms with Gasteiger partial charge in [-0.25, -0.2) is 18.9 Å². The van der Waals surface area contributed by atoms with Crippen LogP contribution >= 0.6 is 0 Å². The van der Waals surface area contributed by atoms with Gasteiger partial charge in [-0.15, -0.1) is 0 Å². The van der Waals surface area contributed by atoms with Gasteiger partial charge < -0.3 is 19.3 Å². The Kier molecular flexibility index (Phi) is 11.1. The number of likely N-dealkylation sites (N-methyl/N-ethyl adjacent to an activating group) is 1. The lowest BCUT2D eigenvalue weighted by Gasteiger charge is -2.33. The third kappa shape index (κ3) is 8.70. The average Bonchev–Trinajstić information content (AvgIpc) is 2.82. The van der Waals surface area contributed by atoms with Crippen molar-refractivity contribution in [1.29, 1.82) is 0 Å². The molecule has 0 saturated carbocycles. The molecule has 1 unspecified atom stereocenters. The van der Waals surface area contributed by atoms with E-state index in [4.69, 9.17) is 4.74 Å². The van der Waals surface area contributed by atoms with Crippen LogP contribution in [0.3, 0.4) is 0 Å². The average molecular weight is 450 g/mol. The molecule has 1 atom stereocenters. The second-order valence-corrected chi connectivity index (χ2v) is 8.08. The maximum atomic E-state index is 12.2. The lowest BCUT2D eigenvalue weighted by atomic mass is 10.2. The lowest BCUT2D eigenvalue weighted by Crippen LogP contribution is -2.44. The van der Waals surface area contributed by atoms with Crippen molar-refractivity contribution in [1.82, 2.24) is 19.6 Å². The number of hydrogen-bond donors (Lipinski definition) is 1. The molecule has 0 radical (unpaired) electrons. The molecule has 3 rings (SSSR count). The van der Waals surface area contributed by atoms with Gasteiger partial charge in [0.2, 0.25) is 5.88 Å². The van der Waals surface area contributed by atoms with E-state index < -0.39 is 11.0 Å². The molecule has 10 heteroatoms. The fraction of sp³-hybridized carbons (Fsp3) is 0.476. The summed E-state index contributed by atoms with van der Waals surface area (Å²) in [6, 6.07) is 8.44. The summed E-state index contributed by atoms with van der Waals surface area (Å²) in [6.07, 6.45) is 2.26. The van der Waals surface area contributed by atoms with Gasteiger partial charge in [-0.3, -0.25) is 4.79 Å². The summed E-state index contributed by atoms with van der Waals surface area (Å²) < 4.78 is 25.2. The number of methoxy groups -OCH3 is 1. The number of nitrogens with zero attached hydrogens (tertiary/aromatic N) is 4. The van der Waals surface area contributed by atoms with Crippen LogP contribution in [-0.2, 0) is 15.7 Å². The Balaban J connectivity index is 0.000000785. The summed E-state index contributed by atoms with van der Waals surface area (Å²) in [6.45, 7) is 7.37. The number of ether oxygens (including phenoxy) is 2. The summed E-state index contributed by atoms with van der Waals surface area (Å²) in [5, 5.41) is 0. The number of hydrogen-bond acceptors (Lipinski definition) is 8. The number of rotatable bonds is 9. The van der Waals surface area contributed by atoms with Crippen molar-refractivity contribution in [3.05, 3.63) is 42.2 Å². The summed E-state index contributed by atoms with van der Waals surface area (Å²) >= 11 is 0. The van der Waals surface area contributed by atoms with E-state index in [0.717, 1.165) is 44.9 Å².